The van der Waals surface area contributed by atoms with E-state index in [0.29, 0.717) is 5.89 Å². The summed E-state index contributed by atoms with van der Waals surface area (Å²) in [6.07, 6.45) is 0. The summed E-state index contributed by atoms with van der Waals surface area (Å²) in [5.74, 6) is 1.36. The van der Waals surface area contributed by atoms with Gasteiger partial charge in [-0.05, 0) is 37.9 Å². The second-order valence-electron chi connectivity index (χ2n) is 7.13. The van der Waals surface area contributed by atoms with Crippen molar-refractivity contribution in [1.29, 1.82) is 0 Å². The molecule has 26 heavy (non-hydrogen) atoms. The lowest BCUT2D eigenvalue weighted by molar-refractivity contribution is 0.190. The fourth-order valence-corrected chi connectivity index (χ4v) is 3.72. The van der Waals surface area contributed by atoms with Crippen molar-refractivity contribution in [2.45, 2.75) is 13.0 Å². The normalized spacial score (nSPS) is 22.7. The molecule has 2 aromatic rings. The minimum Gasteiger partial charge on any atom is -0.369 e. The van der Waals surface area contributed by atoms with Crippen molar-refractivity contribution < 1.29 is 4.52 Å². The first kappa shape index (κ1) is 17.5. The Morgan fingerprint density at radius 2 is 1.88 bits per heavy atom. The first-order valence-electron chi connectivity index (χ1n) is 9.57. The predicted octanol–water partition coefficient (Wildman–Crippen LogP) is 1.45. The topological polar surface area (TPSA) is 60.7 Å². The van der Waals surface area contributed by atoms with Crippen molar-refractivity contribution in [2.24, 2.45) is 0 Å². The highest BCUT2D eigenvalue weighted by atomic mass is 16.5. The van der Waals surface area contributed by atoms with Gasteiger partial charge in [-0.15, -0.1) is 0 Å². The fourth-order valence-electron chi connectivity index (χ4n) is 3.72. The van der Waals surface area contributed by atoms with Gasteiger partial charge in [-0.25, -0.2) is 0 Å². The molecule has 4 rings (SSSR count). The number of rotatable bonds is 4. The first-order chi connectivity index (χ1) is 12.7. The number of nitrogens with one attached hydrogen (secondary N) is 1. The smallest absolute Gasteiger partial charge is 0.257 e. The van der Waals surface area contributed by atoms with E-state index in [0.717, 1.165) is 63.7 Å². The zero-order valence-electron chi connectivity index (χ0n) is 15.7. The van der Waals surface area contributed by atoms with Gasteiger partial charge in [0.2, 0.25) is 0 Å². The van der Waals surface area contributed by atoms with Crippen molar-refractivity contribution in [3.8, 4) is 11.5 Å². The molecule has 2 aliphatic heterocycles. The Kier molecular flexibility index (Phi) is 5.19. The number of piperazine rings is 2. The monoisotopic (exact) mass is 356 g/mol. The highest BCUT2D eigenvalue weighted by Gasteiger charge is 2.25. The van der Waals surface area contributed by atoms with Gasteiger partial charge >= 0.3 is 0 Å². The summed E-state index contributed by atoms with van der Waals surface area (Å²) in [5, 5.41) is 7.60. The van der Waals surface area contributed by atoms with Crippen LogP contribution in [0.3, 0.4) is 0 Å². The zero-order chi connectivity index (χ0) is 17.9. The van der Waals surface area contributed by atoms with Gasteiger partial charge in [-0.2, -0.15) is 4.98 Å². The van der Waals surface area contributed by atoms with Crippen LogP contribution in [0.5, 0.6) is 0 Å². The molecule has 140 valence electrons. The summed E-state index contributed by atoms with van der Waals surface area (Å²) in [6.45, 7) is 10.7. The number of hydrogen-bond acceptors (Lipinski definition) is 7. The third-order valence-corrected chi connectivity index (χ3v) is 5.55. The third-order valence-electron chi connectivity index (χ3n) is 5.55. The maximum atomic E-state index is 5.53. The van der Waals surface area contributed by atoms with E-state index in [9.17, 15) is 0 Å². The highest BCUT2D eigenvalue weighted by Crippen LogP contribution is 2.25. The van der Waals surface area contributed by atoms with Gasteiger partial charge in [0.15, 0.2) is 5.82 Å². The van der Waals surface area contributed by atoms with E-state index in [-0.39, 0.29) is 6.04 Å². The Bertz CT molecular complexity index is 707. The lowest BCUT2D eigenvalue weighted by atomic mass is 10.1. The van der Waals surface area contributed by atoms with E-state index in [4.69, 9.17) is 4.52 Å². The van der Waals surface area contributed by atoms with E-state index in [1.54, 1.807) is 0 Å². The lowest BCUT2D eigenvalue weighted by Gasteiger charge is -2.35. The molecule has 7 heteroatoms. The molecule has 3 heterocycles. The van der Waals surface area contributed by atoms with Crippen LogP contribution < -0.4 is 10.2 Å². The van der Waals surface area contributed by atoms with Gasteiger partial charge in [-0.3, -0.25) is 4.90 Å². The average Bonchev–Trinajstić information content (AvgIpc) is 3.18. The molecule has 0 spiro atoms. The number of likely N-dealkylation sites (N-methyl/N-ethyl adjacent to an activating group) is 2. The highest BCUT2D eigenvalue weighted by molar-refractivity contribution is 5.59. The van der Waals surface area contributed by atoms with E-state index >= 15 is 0 Å². The molecule has 0 radical (unpaired) electrons. The quantitative estimate of drug-likeness (QED) is 0.890. The summed E-state index contributed by atoms with van der Waals surface area (Å²) in [6, 6.07) is 8.67. The second-order valence-corrected chi connectivity index (χ2v) is 7.13. The minimum atomic E-state index is 0.176. The van der Waals surface area contributed by atoms with Crippen LogP contribution in [0.4, 0.5) is 5.69 Å². The standard InChI is InChI=1S/C19H28N6O/c1-3-24-10-12-25(13-11-24)16-6-4-15(5-7-16)19-21-18(22-26-19)17-14-20-8-9-23(17)2/h4-7,17,20H,3,8-14H2,1-2H3. The van der Waals surface area contributed by atoms with Crippen LogP contribution in [0.25, 0.3) is 11.5 Å². The van der Waals surface area contributed by atoms with Gasteiger partial charge in [0.25, 0.3) is 5.89 Å². The molecule has 1 aromatic heterocycles. The third kappa shape index (κ3) is 3.60. The van der Waals surface area contributed by atoms with E-state index in [2.05, 4.69) is 68.4 Å². The Morgan fingerprint density at radius 1 is 1.12 bits per heavy atom. The van der Waals surface area contributed by atoms with E-state index in [1.807, 2.05) is 0 Å². The van der Waals surface area contributed by atoms with Gasteiger partial charge in [-0.1, -0.05) is 12.1 Å². The molecular formula is C19H28N6O. The van der Waals surface area contributed by atoms with Crippen molar-refractivity contribution in [3.05, 3.63) is 30.1 Å². The Morgan fingerprint density at radius 3 is 2.58 bits per heavy atom. The molecule has 2 fully saturated rings. The number of aromatic nitrogens is 2. The molecule has 1 unspecified atom stereocenters. The van der Waals surface area contributed by atoms with Crippen LogP contribution in [0.15, 0.2) is 28.8 Å². The van der Waals surface area contributed by atoms with Crippen LogP contribution in [0.1, 0.15) is 18.8 Å². The molecule has 0 bridgehead atoms. The summed E-state index contributed by atoms with van der Waals surface area (Å²) >= 11 is 0. The van der Waals surface area contributed by atoms with Gasteiger partial charge < -0.3 is 19.6 Å². The molecule has 1 aromatic carbocycles. The first-order valence-corrected chi connectivity index (χ1v) is 9.57. The molecule has 2 saturated heterocycles. The molecule has 1 N–H and O–H groups in total. The van der Waals surface area contributed by atoms with Crippen LogP contribution in [-0.2, 0) is 0 Å². The Hall–Kier alpha value is -1.96. The maximum absolute atomic E-state index is 5.53. The number of hydrogen-bond donors (Lipinski definition) is 1. The van der Waals surface area contributed by atoms with Gasteiger partial charge in [0.05, 0.1) is 6.04 Å². The minimum absolute atomic E-state index is 0.176. The lowest BCUT2D eigenvalue weighted by Crippen LogP contribution is -2.46. The Balaban J connectivity index is 1.44. The van der Waals surface area contributed by atoms with E-state index in [1.165, 1.54) is 5.69 Å². The molecule has 0 aliphatic carbocycles. The number of benzene rings is 1. The summed E-state index contributed by atoms with van der Waals surface area (Å²) in [5.41, 5.74) is 2.24. The molecule has 1 atom stereocenters. The van der Waals surface area contributed by atoms with Crippen LogP contribution in [0.2, 0.25) is 0 Å². The van der Waals surface area contributed by atoms with E-state index < -0.39 is 0 Å². The van der Waals surface area contributed by atoms with Crippen molar-refractivity contribution >= 4 is 5.69 Å². The largest absolute Gasteiger partial charge is 0.369 e. The van der Waals surface area contributed by atoms with Crippen LogP contribution in [-0.4, -0.2) is 79.3 Å². The summed E-state index contributed by atoms with van der Waals surface area (Å²) in [7, 11) is 2.11. The molecule has 0 saturated carbocycles. The average molecular weight is 356 g/mol. The predicted molar refractivity (Wildman–Crippen MR) is 102 cm³/mol. The Labute approximate surface area is 155 Å². The van der Waals surface area contributed by atoms with Gasteiger partial charge in [0, 0.05) is 57.1 Å². The molecule has 0 amide bonds. The molecular weight excluding hydrogens is 328 g/mol. The zero-order valence-corrected chi connectivity index (χ0v) is 15.7. The SMILES string of the molecule is CCN1CCN(c2ccc(-c3nc(C4CNCCN4C)no3)cc2)CC1. The molecule has 2 aliphatic rings. The molecule has 7 nitrogen and oxygen atoms in total. The van der Waals surface area contributed by atoms with Crippen LogP contribution in [0, 0.1) is 0 Å². The fraction of sp³-hybridized carbons (Fsp3) is 0.579. The summed E-state index contributed by atoms with van der Waals surface area (Å²) in [4.78, 5) is 11.8. The van der Waals surface area contributed by atoms with Gasteiger partial charge in [0.1, 0.15) is 0 Å². The second kappa shape index (κ2) is 7.73. The number of nitrogens with zero attached hydrogens (tertiary/aromatic N) is 5. The number of anilines is 1. The van der Waals surface area contributed by atoms with Crippen LogP contribution >= 0.6 is 0 Å². The van der Waals surface area contributed by atoms with Crippen molar-refractivity contribution in [2.75, 3.05) is 64.3 Å². The van der Waals surface area contributed by atoms with Crippen molar-refractivity contribution in [1.82, 2.24) is 25.3 Å². The van der Waals surface area contributed by atoms with Crippen molar-refractivity contribution in [3.63, 3.8) is 0 Å². The summed E-state index contributed by atoms with van der Waals surface area (Å²) < 4.78 is 5.53. The maximum Gasteiger partial charge on any atom is 0.257 e.